The van der Waals surface area contributed by atoms with Crippen LogP contribution in [-0.2, 0) is 6.18 Å². The molecule has 1 aromatic heterocycles. The molecule has 0 bridgehead atoms. The number of alkyl halides is 3. The van der Waals surface area contributed by atoms with Gasteiger partial charge >= 0.3 is 6.18 Å². The molecule has 0 aliphatic rings. The summed E-state index contributed by atoms with van der Waals surface area (Å²) in [7, 11) is 0. The Labute approximate surface area is 100 Å². The van der Waals surface area contributed by atoms with E-state index in [0.717, 1.165) is 18.7 Å². The number of anilines is 1. The van der Waals surface area contributed by atoms with E-state index in [1.807, 2.05) is 13.8 Å². The highest BCUT2D eigenvalue weighted by molar-refractivity contribution is 9.10. The lowest BCUT2D eigenvalue weighted by atomic mass is 10.2. The predicted molar refractivity (Wildman–Crippen MR) is 60.3 cm³/mol. The van der Waals surface area contributed by atoms with Gasteiger partial charge in [-0.1, -0.05) is 6.92 Å². The quantitative estimate of drug-likeness (QED) is 0.909. The van der Waals surface area contributed by atoms with Crippen LogP contribution in [-0.4, -0.2) is 11.0 Å². The zero-order chi connectivity index (χ0) is 12.3. The van der Waals surface area contributed by atoms with Crippen LogP contribution in [0.2, 0.25) is 0 Å². The molecular weight excluding hydrogens is 285 g/mol. The number of nitrogens with one attached hydrogen (secondary N) is 1. The largest absolute Gasteiger partial charge is 0.417 e. The third-order valence-corrected chi connectivity index (χ3v) is 2.77. The lowest BCUT2D eigenvalue weighted by molar-refractivity contribution is -0.137. The van der Waals surface area contributed by atoms with Crippen LogP contribution >= 0.6 is 15.9 Å². The molecule has 0 radical (unpaired) electrons. The second kappa shape index (κ2) is 5.03. The van der Waals surface area contributed by atoms with Crippen LogP contribution in [0.15, 0.2) is 16.7 Å². The van der Waals surface area contributed by atoms with E-state index < -0.39 is 11.7 Å². The summed E-state index contributed by atoms with van der Waals surface area (Å²) in [5.41, 5.74) is -0.755. The monoisotopic (exact) mass is 296 g/mol. The second-order valence-corrected chi connectivity index (χ2v) is 4.36. The van der Waals surface area contributed by atoms with Crippen molar-refractivity contribution in [3.8, 4) is 0 Å². The number of rotatable bonds is 3. The zero-order valence-electron chi connectivity index (χ0n) is 8.90. The van der Waals surface area contributed by atoms with E-state index in [9.17, 15) is 13.2 Å². The summed E-state index contributed by atoms with van der Waals surface area (Å²) in [5, 5.41) is 3.01. The normalized spacial score (nSPS) is 13.6. The molecule has 0 saturated heterocycles. The van der Waals surface area contributed by atoms with E-state index in [-0.39, 0.29) is 6.04 Å². The van der Waals surface area contributed by atoms with Gasteiger partial charge in [0.1, 0.15) is 5.82 Å². The van der Waals surface area contributed by atoms with E-state index in [0.29, 0.717) is 10.3 Å². The van der Waals surface area contributed by atoms with E-state index >= 15 is 0 Å². The Bertz CT molecular complexity index is 366. The molecule has 90 valence electrons. The van der Waals surface area contributed by atoms with Gasteiger partial charge in [-0.25, -0.2) is 4.98 Å². The Hall–Kier alpha value is -0.780. The molecule has 1 heterocycles. The molecule has 0 spiro atoms. The lowest BCUT2D eigenvalue weighted by Crippen LogP contribution is -2.15. The molecule has 1 unspecified atom stereocenters. The van der Waals surface area contributed by atoms with Crippen LogP contribution in [0.25, 0.3) is 0 Å². The number of hydrogen-bond acceptors (Lipinski definition) is 2. The highest BCUT2D eigenvalue weighted by Crippen LogP contribution is 2.32. The summed E-state index contributed by atoms with van der Waals surface area (Å²) in [4.78, 5) is 3.75. The summed E-state index contributed by atoms with van der Waals surface area (Å²) in [6, 6.07) is 1.19. The van der Waals surface area contributed by atoms with Gasteiger partial charge in [-0.05, 0) is 35.3 Å². The molecule has 0 aliphatic heterocycles. The molecule has 0 fully saturated rings. The first-order chi connectivity index (χ1) is 7.34. The fourth-order valence-corrected chi connectivity index (χ4v) is 1.50. The molecule has 0 saturated carbocycles. The molecule has 2 nitrogen and oxygen atoms in total. The molecular formula is C10H12BrF3N2. The maximum atomic E-state index is 12.3. The molecule has 0 aliphatic carbocycles. The van der Waals surface area contributed by atoms with E-state index in [1.54, 1.807) is 0 Å². The maximum absolute atomic E-state index is 12.3. The molecule has 6 heteroatoms. The third kappa shape index (κ3) is 3.37. The summed E-state index contributed by atoms with van der Waals surface area (Å²) in [5.74, 6) is 0.433. The number of halogens is 4. The van der Waals surface area contributed by atoms with Gasteiger partial charge in [-0.15, -0.1) is 0 Å². The van der Waals surface area contributed by atoms with Crippen LogP contribution in [0.1, 0.15) is 25.8 Å². The van der Waals surface area contributed by atoms with Crippen molar-refractivity contribution in [1.82, 2.24) is 4.98 Å². The average molecular weight is 297 g/mol. The zero-order valence-corrected chi connectivity index (χ0v) is 10.5. The van der Waals surface area contributed by atoms with Gasteiger partial charge in [0.15, 0.2) is 0 Å². The van der Waals surface area contributed by atoms with Gasteiger partial charge in [-0.3, -0.25) is 0 Å². The number of pyridine rings is 1. The van der Waals surface area contributed by atoms with Crippen molar-refractivity contribution in [3.63, 3.8) is 0 Å². The van der Waals surface area contributed by atoms with Gasteiger partial charge in [0, 0.05) is 12.2 Å². The van der Waals surface area contributed by atoms with Crippen LogP contribution in [0, 0.1) is 0 Å². The predicted octanol–water partition coefficient (Wildman–Crippen LogP) is 4.07. The first kappa shape index (κ1) is 13.3. The minimum absolute atomic E-state index is 0.167. The summed E-state index contributed by atoms with van der Waals surface area (Å²) >= 11 is 3.07. The smallest absolute Gasteiger partial charge is 0.367 e. The molecule has 1 atom stereocenters. The van der Waals surface area contributed by atoms with Crippen molar-refractivity contribution < 1.29 is 13.2 Å². The Morgan fingerprint density at radius 1 is 1.50 bits per heavy atom. The minimum Gasteiger partial charge on any atom is -0.367 e. The summed E-state index contributed by atoms with van der Waals surface area (Å²) in [6.07, 6.45) is -2.66. The highest BCUT2D eigenvalue weighted by Gasteiger charge is 2.31. The maximum Gasteiger partial charge on any atom is 0.417 e. The van der Waals surface area contributed by atoms with E-state index in [4.69, 9.17) is 0 Å². The SMILES string of the molecule is CCC(C)Nc1ncc(C(F)(F)F)cc1Br. The van der Waals surface area contributed by atoms with Crippen LogP contribution in [0.3, 0.4) is 0 Å². The lowest BCUT2D eigenvalue weighted by Gasteiger charge is -2.14. The van der Waals surface area contributed by atoms with Crippen LogP contribution in [0.5, 0.6) is 0 Å². The van der Waals surface area contributed by atoms with Crippen molar-refractivity contribution >= 4 is 21.7 Å². The fraction of sp³-hybridized carbons (Fsp3) is 0.500. The first-order valence-electron chi connectivity index (χ1n) is 4.84. The van der Waals surface area contributed by atoms with Crippen LogP contribution < -0.4 is 5.32 Å². The van der Waals surface area contributed by atoms with E-state index in [2.05, 4.69) is 26.2 Å². The first-order valence-corrected chi connectivity index (χ1v) is 5.63. The number of hydrogen-bond donors (Lipinski definition) is 1. The molecule has 0 aromatic carbocycles. The summed E-state index contributed by atoms with van der Waals surface area (Å²) < 4.78 is 37.4. The van der Waals surface area contributed by atoms with Crippen molar-refractivity contribution in [1.29, 1.82) is 0 Å². The van der Waals surface area contributed by atoms with Gasteiger partial charge in [-0.2, -0.15) is 13.2 Å². The Morgan fingerprint density at radius 3 is 2.56 bits per heavy atom. The van der Waals surface area contributed by atoms with Crippen molar-refractivity contribution in [2.75, 3.05) is 5.32 Å². The Kier molecular flexibility index (Phi) is 4.18. The number of nitrogens with zero attached hydrogens (tertiary/aromatic N) is 1. The van der Waals surface area contributed by atoms with Gasteiger partial charge < -0.3 is 5.32 Å². The second-order valence-electron chi connectivity index (χ2n) is 3.51. The molecule has 1 N–H and O–H groups in total. The highest BCUT2D eigenvalue weighted by atomic mass is 79.9. The topological polar surface area (TPSA) is 24.9 Å². The molecule has 1 rings (SSSR count). The molecule has 16 heavy (non-hydrogen) atoms. The molecule has 0 amide bonds. The van der Waals surface area contributed by atoms with Crippen molar-refractivity contribution in [2.24, 2.45) is 0 Å². The summed E-state index contributed by atoms with van der Waals surface area (Å²) in [6.45, 7) is 3.92. The van der Waals surface area contributed by atoms with Crippen molar-refractivity contribution in [2.45, 2.75) is 32.5 Å². The molecule has 1 aromatic rings. The third-order valence-electron chi connectivity index (χ3n) is 2.16. The fourth-order valence-electron chi connectivity index (χ4n) is 1.03. The number of aromatic nitrogens is 1. The van der Waals surface area contributed by atoms with Gasteiger partial charge in [0.25, 0.3) is 0 Å². The Balaban J connectivity index is 2.92. The Morgan fingerprint density at radius 2 is 2.12 bits per heavy atom. The van der Waals surface area contributed by atoms with Crippen molar-refractivity contribution in [3.05, 3.63) is 22.3 Å². The average Bonchev–Trinajstić information content (AvgIpc) is 2.19. The van der Waals surface area contributed by atoms with E-state index in [1.165, 1.54) is 0 Å². The van der Waals surface area contributed by atoms with Gasteiger partial charge in [0.05, 0.1) is 10.0 Å². The minimum atomic E-state index is -4.36. The van der Waals surface area contributed by atoms with Gasteiger partial charge in [0.2, 0.25) is 0 Å². The standard InChI is InChI=1S/C10H12BrF3N2/c1-3-6(2)16-9-8(11)4-7(5-15-9)10(12,13)14/h4-6H,3H2,1-2H3,(H,15,16). The van der Waals surface area contributed by atoms with Crippen LogP contribution in [0.4, 0.5) is 19.0 Å².